The number of nitrogens with zero attached hydrogens (tertiary/aromatic N) is 2. The molecule has 4 rings (SSSR count). The number of esters is 1. The molecule has 0 aliphatic rings. The van der Waals surface area contributed by atoms with Crippen molar-refractivity contribution in [1.29, 1.82) is 0 Å². The number of anilines is 1. The molecule has 0 radical (unpaired) electrons. The summed E-state index contributed by atoms with van der Waals surface area (Å²) < 4.78 is 5.38. The molecule has 44 heavy (non-hydrogen) atoms. The van der Waals surface area contributed by atoms with Crippen LogP contribution in [0.4, 0.5) is 5.69 Å². The molecule has 0 aliphatic carbocycles. The van der Waals surface area contributed by atoms with E-state index in [1.54, 1.807) is 78.9 Å². The van der Waals surface area contributed by atoms with Gasteiger partial charge in [0.15, 0.2) is 0 Å². The van der Waals surface area contributed by atoms with Gasteiger partial charge in [-0.2, -0.15) is 5.10 Å². The lowest BCUT2D eigenvalue weighted by Gasteiger charge is -2.21. The van der Waals surface area contributed by atoms with Crippen LogP contribution in [0.25, 0.3) is 6.08 Å². The molecular weight excluding hydrogens is 599 g/mol. The molecule has 2 amide bonds. The summed E-state index contributed by atoms with van der Waals surface area (Å²) in [5.41, 5.74) is 5.42. The number of rotatable bonds is 11. The van der Waals surface area contributed by atoms with E-state index in [2.05, 4.69) is 34.6 Å². The second-order valence-corrected chi connectivity index (χ2v) is 10.3. The first-order chi connectivity index (χ1) is 21.3. The van der Waals surface area contributed by atoms with E-state index in [0.29, 0.717) is 27.5 Å². The number of carbonyl (C=O) groups excluding carboxylic acids is 3. The van der Waals surface area contributed by atoms with Gasteiger partial charge in [-0.1, -0.05) is 47.5 Å². The lowest BCUT2D eigenvalue weighted by Crippen LogP contribution is -2.33. The molecule has 2 N–H and O–H groups in total. The maximum absolute atomic E-state index is 13.2. The van der Waals surface area contributed by atoms with Gasteiger partial charge in [-0.3, -0.25) is 9.59 Å². The molecule has 8 nitrogen and oxygen atoms in total. The zero-order valence-electron chi connectivity index (χ0n) is 24.1. The maximum atomic E-state index is 13.2. The minimum atomic E-state index is -0.636. The van der Waals surface area contributed by atoms with Crippen LogP contribution in [-0.4, -0.2) is 37.1 Å². The highest BCUT2D eigenvalue weighted by Gasteiger charge is 2.16. The molecule has 0 saturated heterocycles. The van der Waals surface area contributed by atoms with E-state index in [1.165, 1.54) is 6.21 Å². The van der Waals surface area contributed by atoms with Crippen LogP contribution in [0.3, 0.4) is 0 Å². The molecule has 0 unspecified atom stereocenters. The second kappa shape index (κ2) is 15.5. The maximum Gasteiger partial charge on any atom is 0.343 e. The number of nitrogens with one attached hydrogen (secondary N) is 2. The van der Waals surface area contributed by atoms with Gasteiger partial charge in [-0.15, -0.1) is 0 Å². The van der Waals surface area contributed by atoms with Crippen molar-refractivity contribution < 1.29 is 19.1 Å². The first-order valence-electron chi connectivity index (χ1n) is 13.8. The lowest BCUT2D eigenvalue weighted by atomic mass is 10.1. The van der Waals surface area contributed by atoms with Crippen LogP contribution in [0.5, 0.6) is 5.75 Å². The van der Waals surface area contributed by atoms with Crippen molar-refractivity contribution >= 4 is 59.0 Å². The van der Waals surface area contributed by atoms with Crippen LogP contribution in [0.2, 0.25) is 10.0 Å². The highest BCUT2D eigenvalue weighted by molar-refractivity contribution is 6.34. The number of hydrogen-bond acceptors (Lipinski definition) is 6. The van der Waals surface area contributed by atoms with E-state index < -0.39 is 17.8 Å². The van der Waals surface area contributed by atoms with Gasteiger partial charge in [0, 0.05) is 23.8 Å². The highest BCUT2D eigenvalue weighted by atomic mass is 35.5. The van der Waals surface area contributed by atoms with Crippen molar-refractivity contribution in [1.82, 2.24) is 10.7 Å². The fraction of sp³-hybridized carbons (Fsp3) is 0.118. The monoisotopic (exact) mass is 628 g/mol. The van der Waals surface area contributed by atoms with Gasteiger partial charge in [0.05, 0.1) is 22.4 Å². The first kappa shape index (κ1) is 32.0. The molecule has 4 aromatic carbocycles. The van der Waals surface area contributed by atoms with Gasteiger partial charge >= 0.3 is 5.97 Å². The highest BCUT2D eigenvalue weighted by Crippen LogP contribution is 2.19. The summed E-state index contributed by atoms with van der Waals surface area (Å²) in [5.74, 6) is -1.35. The van der Waals surface area contributed by atoms with Crippen LogP contribution in [0.1, 0.15) is 45.7 Å². The van der Waals surface area contributed by atoms with Crippen molar-refractivity contribution in [3.05, 3.63) is 135 Å². The molecule has 10 heteroatoms. The summed E-state index contributed by atoms with van der Waals surface area (Å²) in [7, 11) is 0. The fourth-order valence-electron chi connectivity index (χ4n) is 4.13. The standard InChI is InChI=1S/C34H30Cl2N4O4/c1-3-40(4-2)27-17-9-23(10-18-27)21-31(38-32(41)29-7-5-6-8-30(29)36)33(42)39-37-22-24-11-19-28(20-12-24)44-34(43)25-13-15-26(35)16-14-25/h5-22H,3-4H2,1-2H3,(H,38,41)(H,39,42)/b31-21-,37-22?. The Morgan fingerprint density at radius 2 is 1.45 bits per heavy atom. The van der Waals surface area contributed by atoms with Crippen molar-refractivity contribution in [3.8, 4) is 5.75 Å². The molecular formula is C34H30Cl2N4O4. The van der Waals surface area contributed by atoms with Crippen molar-refractivity contribution in [2.24, 2.45) is 5.10 Å². The molecule has 0 saturated carbocycles. The number of amides is 2. The third-order valence-electron chi connectivity index (χ3n) is 6.49. The Kier molecular flexibility index (Phi) is 11.3. The summed E-state index contributed by atoms with van der Waals surface area (Å²) in [6, 6.07) is 27.2. The topological polar surface area (TPSA) is 100 Å². The van der Waals surface area contributed by atoms with Crippen molar-refractivity contribution in [3.63, 3.8) is 0 Å². The van der Waals surface area contributed by atoms with E-state index in [-0.39, 0.29) is 16.3 Å². The average Bonchev–Trinajstić information content (AvgIpc) is 3.03. The van der Waals surface area contributed by atoms with E-state index in [4.69, 9.17) is 27.9 Å². The van der Waals surface area contributed by atoms with Gasteiger partial charge in [0.2, 0.25) is 0 Å². The van der Waals surface area contributed by atoms with E-state index >= 15 is 0 Å². The number of benzene rings is 4. The first-order valence-corrected chi connectivity index (χ1v) is 14.6. The number of ether oxygens (including phenoxy) is 1. The number of carbonyl (C=O) groups is 3. The second-order valence-electron chi connectivity index (χ2n) is 9.42. The Morgan fingerprint density at radius 3 is 2.09 bits per heavy atom. The third kappa shape index (κ3) is 8.80. The SMILES string of the molecule is CCN(CC)c1ccc(/C=C(\NC(=O)c2ccccc2Cl)C(=O)NN=Cc2ccc(OC(=O)c3ccc(Cl)cc3)cc2)cc1. The number of hydrazone groups is 1. The normalized spacial score (nSPS) is 11.2. The van der Waals surface area contributed by atoms with E-state index in [1.807, 2.05) is 24.3 Å². The molecule has 0 heterocycles. The molecule has 0 spiro atoms. The minimum absolute atomic E-state index is 0.0212. The Hall–Kier alpha value is -4.92. The van der Waals surface area contributed by atoms with Gasteiger partial charge in [-0.05, 0) is 104 Å². The zero-order valence-corrected chi connectivity index (χ0v) is 25.6. The molecule has 0 atom stereocenters. The molecule has 0 fully saturated rings. The molecule has 224 valence electrons. The average molecular weight is 630 g/mol. The number of hydrogen-bond donors (Lipinski definition) is 2. The lowest BCUT2D eigenvalue weighted by molar-refractivity contribution is -0.117. The fourth-order valence-corrected chi connectivity index (χ4v) is 4.48. The van der Waals surface area contributed by atoms with Gasteiger partial charge in [0.1, 0.15) is 11.4 Å². The Balaban J connectivity index is 1.46. The Labute approximate surface area is 265 Å². The van der Waals surface area contributed by atoms with Crippen LogP contribution in [0, 0.1) is 0 Å². The zero-order chi connectivity index (χ0) is 31.5. The van der Waals surface area contributed by atoms with Crippen LogP contribution >= 0.6 is 23.2 Å². The largest absolute Gasteiger partial charge is 0.423 e. The van der Waals surface area contributed by atoms with Crippen molar-refractivity contribution in [2.45, 2.75) is 13.8 Å². The van der Waals surface area contributed by atoms with Crippen LogP contribution in [-0.2, 0) is 4.79 Å². The predicted molar refractivity (Wildman–Crippen MR) is 175 cm³/mol. The van der Waals surface area contributed by atoms with E-state index in [9.17, 15) is 14.4 Å². The molecule has 0 bridgehead atoms. The molecule has 4 aromatic rings. The van der Waals surface area contributed by atoms with Crippen molar-refractivity contribution in [2.75, 3.05) is 18.0 Å². The quantitative estimate of drug-likeness (QED) is 0.0613. The summed E-state index contributed by atoms with van der Waals surface area (Å²) >= 11 is 12.1. The molecule has 0 aliphatic heterocycles. The summed E-state index contributed by atoms with van der Waals surface area (Å²) in [5, 5.41) is 7.48. The van der Waals surface area contributed by atoms with Crippen LogP contribution in [0.15, 0.2) is 108 Å². The number of halogens is 2. The summed E-state index contributed by atoms with van der Waals surface area (Å²) in [6.45, 7) is 5.89. The summed E-state index contributed by atoms with van der Waals surface area (Å²) in [4.78, 5) is 40.7. The predicted octanol–water partition coefficient (Wildman–Crippen LogP) is 6.98. The Bertz CT molecular complexity index is 1670. The smallest absolute Gasteiger partial charge is 0.343 e. The van der Waals surface area contributed by atoms with E-state index in [0.717, 1.165) is 18.8 Å². The Morgan fingerprint density at radius 1 is 0.818 bits per heavy atom. The molecule has 0 aromatic heterocycles. The van der Waals surface area contributed by atoms with Gasteiger partial charge in [0.25, 0.3) is 11.8 Å². The third-order valence-corrected chi connectivity index (χ3v) is 7.08. The van der Waals surface area contributed by atoms with Crippen LogP contribution < -0.4 is 20.4 Å². The summed E-state index contributed by atoms with van der Waals surface area (Å²) in [6.07, 6.45) is 2.99. The van der Waals surface area contributed by atoms with Gasteiger partial charge in [-0.25, -0.2) is 10.2 Å². The van der Waals surface area contributed by atoms with Gasteiger partial charge < -0.3 is 15.0 Å². The minimum Gasteiger partial charge on any atom is -0.423 e.